The van der Waals surface area contributed by atoms with Gasteiger partial charge in [0.15, 0.2) is 17.5 Å². The molecule has 9 aromatic carbocycles. The van der Waals surface area contributed by atoms with Crippen LogP contribution in [0.3, 0.4) is 0 Å². The molecular formula is C51H32N4. The summed E-state index contributed by atoms with van der Waals surface area (Å²) in [4.78, 5) is 16.1. The monoisotopic (exact) mass is 700 g/mol. The lowest BCUT2D eigenvalue weighted by molar-refractivity contribution is 1.08. The highest BCUT2D eigenvalue weighted by molar-refractivity contribution is 6.19. The van der Waals surface area contributed by atoms with E-state index in [2.05, 4.69) is 193 Å². The number of benzene rings is 9. The molecule has 4 heteroatoms. The Labute approximate surface area is 317 Å². The van der Waals surface area contributed by atoms with Gasteiger partial charge in [-0.3, -0.25) is 0 Å². The average Bonchev–Trinajstić information content (AvgIpc) is 3.59. The molecular weight excluding hydrogens is 669 g/mol. The van der Waals surface area contributed by atoms with E-state index in [1.807, 2.05) is 6.07 Å². The SMILES string of the molecule is c1ccc(-c2ccccc2-c2nc(-c3ccc4c(c3)c3ccccc3n4-c3ccccc3)nc(-c3c4ccccc4cc4c3ccc3ccccc34)n2)cc1. The lowest BCUT2D eigenvalue weighted by atomic mass is 9.93. The zero-order chi connectivity index (χ0) is 36.3. The second-order valence-electron chi connectivity index (χ2n) is 14.0. The first-order valence-electron chi connectivity index (χ1n) is 18.6. The first-order chi connectivity index (χ1) is 27.3. The molecule has 0 saturated heterocycles. The Morgan fingerprint density at radius 3 is 1.76 bits per heavy atom. The molecule has 2 heterocycles. The van der Waals surface area contributed by atoms with Gasteiger partial charge >= 0.3 is 0 Å². The van der Waals surface area contributed by atoms with Gasteiger partial charge in [0.25, 0.3) is 0 Å². The third kappa shape index (κ3) is 5.11. The van der Waals surface area contributed by atoms with Crippen LogP contribution in [0.2, 0.25) is 0 Å². The van der Waals surface area contributed by atoms with Crippen molar-refractivity contribution in [3.05, 3.63) is 194 Å². The Morgan fingerprint density at radius 1 is 0.309 bits per heavy atom. The summed E-state index contributed by atoms with van der Waals surface area (Å²) in [5.74, 6) is 1.91. The Kier molecular flexibility index (Phi) is 7.14. The molecule has 0 bridgehead atoms. The second kappa shape index (κ2) is 12.6. The molecule has 0 saturated carbocycles. The standard InChI is InChI=1S/C51H32N4/c1-3-15-33(16-4-1)38-21-11-12-25-43(38)50-52-49(36-28-30-47-45(32-36)41-24-13-14-26-46(41)55(47)37-19-5-2-6-20-37)53-51(54-50)48-40-23-10-8-18-35(40)31-44-39-22-9-7-17-34(39)27-29-42(44)48/h1-32H. The summed E-state index contributed by atoms with van der Waals surface area (Å²) in [6.45, 7) is 0. The van der Waals surface area contributed by atoms with E-state index in [1.165, 1.54) is 21.5 Å². The van der Waals surface area contributed by atoms with Gasteiger partial charge < -0.3 is 4.57 Å². The van der Waals surface area contributed by atoms with Gasteiger partial charge in [0, 0.05) is 33.2 Å². The van der Waals surface area contributed by atoms with Gasteiger partial charge in [-0.05, 0) is 85.9 Å². The van der Waals surface area contributed by atoms with Crippen molar-refractivity contribution in [2.75, 3.05) is 0 Å². The second-order valence-corrected chi connectivity index (χ2v) is 14.0. The number of rotatable bonds is 5. The molecule has 0 radical (unpaired) electrons. The van der Waals surface area contributed by atoms with Crippen molar-refractivity contribution in [3.63, 3.8) is 0 Å². The van der Waals surface area contributed by atoms with Crippen LogP contribution in [0, 0.1) is 0 Å². The molecule has 256 valence electrons. The summed E-state index contributed by atoms with van der Waals surface area (Å²) < 4.78 is 2.33. The quantitative estimate of drug-likeness (QED) is 0.133. The molecule has 2 aromatic heterocycles. The number of hydrogen-bond acceptors (Lipinski definition) is 3. The summed E-state index contributed by atoms with van der Waals surface area (Å²) in [7, 11) is 0. The van der Waals surface area contributed by atoms with Crippen molar-refractivity contribution in [3.8, 4) is 51.0 Å². The predicted octanol–water partition coefficient (Wildman–Crippen LogP) is 13.1. The van der Waals surface area contributed by atoms with Crippen LogP contribution in [0.15, 0.2) is 194 Å². The van der Waals surface area contributed by atoms with Crippen LogP contribution in [0.4, 0.5) is 0 Å². The van der Waals surface area contributed by atoms with Crippen molar-refractivity contribution in [1.29, 1.82) is 0 Å². The van der Waals surface area contributed by atoms with E-state index in [4.69, 9.17) is 15.0 Å². The fraction of sp³-hybridized carbons (Fsp3) is 0. The van der Waals surface area contributed by atoms with Gasteiger partial charge in [-0.25, -0.2) is 15.0 Å². The highest BCUT2D eigenvalue weighted by Crippen LogP contribution is 2.41. The van der Waals surface area contributed by atoms with E-state index in [-0.39, 0.29) is 0 Å². The molecule has 0 spiro atoms. The van der Waals surface area contributed by atoms with E-state index < -0.39 is 0 Å². The molecule has 0 unspecified atom stereocenters. The van der Waals surface area contributed by atoms with Crippen LogP contribution < -0.4 is 0 Å². The molecule has 0 aliphatic heterocycles. The van der Waals surface area contributed by atoms with Crippen molar-refractivity contribution in [2.24, 2.45) is 0 Å². The fourth-order valence-corrected chi connectivity index (χ4v) is 8.31. The minimum absolute atomic E-state index is 0.628. The van der Waals surface area contributed by atoms with Gasteiger partial charge in [-0.15, -0.1) is 0 Å². The van der Waals surface area contributed by atoms with Crippen molar-refractivity contribution >= 4 is 54.1 Å². The summed E-state index contributed by atoms with van der Waals surface area (Å²) in [6, 6.07) is 68.6. The van der Waals surface area contributed by atoms with Gasteiger partial charge in [0.1, 0.15) is 0 Å². The number of nitrogens with zero attached hydrogens (tertiary/aromatic N) is 4. The van der Waals surface area contributed by atoms with Crippen LogP contribution >= 0.6 is 0 Å². The lowest BCUT2D eigenvalue weighted by Crippen LogP contribution is -2.02. The molecule has 4 nitrogen and oxygen atoms in total. The smallest absolute Gasteiger partial charge is 0.165 e. The Morgan fingerprint density at radius 2 is 0.927 bits per heavy atom. The molecule has 0 aliphatic carbocycles. The summed E-state index contributed by atoms with van der Waals surface area (Å²) in [5, 5.41) is 9.26. The summed E-state index contributed by atoms with van der Waals surface area (Å²) in [6.07, 6.45) is 0. The molecule has 0 atom stereocenters. The Bertz CT molecular complexity index is 3260. The minimum atomic E-state index is 0.628. The van der Waals surface area contributed by atoms with Crippen molar-refractivity contribution in [2.45, 2.75) is 0 Å². The Hall–Kier alpha value is -7.43. The zero-order valence-corrected chi connectivity index (χ0v) is 29.8. The highest BCUT2D eigenvalue weighted by Gasteiger charge is 2.21. The van der Waals surface area contributed by atoms with Crippen LogP contribution in [0.25, 0.3) is 105 Å². The molecule has 0 fully saturated rings. The van der Waals surface area contributed by atoms with Crippen LogP contribution in [0.1, 0.15) is 0 Å². The maximum absolute atomic E-state index is 5.40. The number of fused-ring (bicyclic) bond motifs is 7. The van der Waals surface area contributed by atoms with E-state index in [0.29, 0.717) is 17.5 Å². The van der Waals surface area contributed by atoms with E-state index in [9.17, 15) is 0 Å². The van der Waals surface area contributed by atoms with Gasteiger partial charge in [0.2, 0.25) is 0 Å². The normalized spacial score (nSPS) is 11.6. The average molecular weight is 701 g/mol. The third-order valence-electron chi connectivity index (χ3n) is 10.8. The lowest BCUT2D eigenvalue weighted by Gasteiger charge is -2.15. The van der Waals surface area contributed by atoms with E-state index >= 15 is 0 Å². The third-order valence-corrected chi connectivity index (χ3v) is 10.8. The number of aromatic nitrogens is 4. The molecule has 0 amide bonds. The van der Waals surface area contributed by atoms with Crippen LogP contribution in [0.5, 0.6) is 0 Å². The zero-order valence-electron chi connectivity index (χ0n) is 29.8. The first kappa shape index (κ1) is 31.1. The maximum atomic E-state index is 5.40. The van der Waals surface area contributed by atoms with Crippen molar-refractivity contribution in [1.82, 2.24) is 19.5 Å². The minimum Gasteiger partial charge on any atom is -0.309 e. The predicted molar refractivity (Wildman–Crippen MR) is 228 cm³/mol. The molecule has 55 heavy (non-hydrogen) atoms. The summed E-state index contributed by atoms with van der Waals surface area (Å²) in [5.41, 5.74) is 8.48. The first-order valence-corrected chi connectivity index (χ1v) is 18.6. The van der Waals surface area contributed by atoms with Gasteiger partial charge in [0.05, 0.1) is 11.0 Å². The number of hydrogen-bond donors (Lipinski definition) is 0. The van der Waals surface area contributed by atoms with Gasteiger partial charge in [-0.2, -0.15) is 0 Å². The molecule has 0 aliphatic rings. The van der Waals surface area contributed by atoms with Gasteiger partial charge in [-0.1, -0.05) is 152 Å². The molecule has 11 aromatic rings. The topological polar surface area (TPSA) is 43.6 Å². The largest absolute Gasteiger partial charge is 0.309 e. The Balaban J connectivity index is 1.22. The highest BCUT2D eigenvalue weighted by atomic mass is 15.0. The maximum Gasteiger partial charge on any atom is 0.165 e. The van der Waals surface area contributed by atoms with E-state index in [0.717, 1.165) is 66.1 Å². The van der Waals surface area contributed by atoms with Crippen LogP contribution in [-0.2, 0) is 0 Å². The molecule has 11 rings (SSSR count). The van der Waals surface area contributed by atoms with Crippen molar-refractivity contribution < 1.29 is 0 Å². The molecule has 0 N–H and O–H groups in total. The number of para-hydroxylation sites is 2. The summed E-state index contributed by atoms with van der Waals surface area (Å²) >= 11 is 0. The van der Waals surface area contributed by atoms with Crippen LogP contribution in [-0.4, -0.2) is 19.5 Å². The fourth-order valence-electron chi connectivity index (χ4n) is 8.31. The van der Waals surface area contributed by atoms with E-state index in [1.54, 1.807) is 0 Å².